The van der Waals surface area contributed by atoms with E-state index >= 15 is 0 Å². The maximum absolute atomic E-state index is 8.87. The van der Waals surface area contributed by atoms with Gasteiger partial charge in [-0.25, -0.2) is 0 Å². The number of ether oxygens (including phenoxy) is 2. The Hall–Kier alpha value is -1.73. The highest BCUT2D eigenvalue weighted by Gasteiger charge is 2.03. The number of hydrogen-bond acceptors (Lipinski definition) is 4. The third-order valence-electron chi connectivity index (χ3n) is 1.96. The molecule has 1 aromatic carbocycles. The van der Waals surface area contributed by atoms with Crippen molar-refractivity contribution in [2.75, 3.05) is 25.6 Å². The minimum atomic E-state index is 0.443. The van der Waals surface area contributed by atoms with Crippen molar-refractivity contribution in [3.05, 3.63) is 23.8 Å². The van der Waals surface area contributed by atoms with Gasteiger partial charge in [0.25, 0.3) is 0 Å². The molecule has 0 saturated carbocycles. The van der Waals surface area contributed by atoms with E-state index < -0.39 is 0 Å². The molecule has 1 rings (SSSR count). The van der Waals surface area contributed by atoms with Crippen LogP contribution in [0.3, 0.4) is 0 Å². The summed E-state index contributed by atoms with van der Waals surface area (Å²) in [6, 6.07) is 7.06. The summed E-state index contributed by atoms with van der Waals surface area (Å²) < 4.78 is 10.7. The fraction of sp³-hybridized carbons (Fsp3) is 0.417. The fourth-order valence-corrected chi connectivity index (χ4v) is 1.22. The Morgan fingerprint density at radius 1 is 1.31 bits per heavy atom. The summed E-state index contributed by atoms with van der Waals surface area (Å²) in [6.07, 6.45) is 0.991. The SMILES string of the molecule is CCCOCCOc1ccc(N)cc1C#N. The van der Waals surface area contributed by atoms with E-state index in [-0.39, 0.29) is 0 Å². The van der Waals surface area contributed by atoms with Crippen molar-refractivity contribution in [1.29, 1.82) is 5.26 Å². The summed E-state index contributed by atoms with van der Waals surface area (Å²) in [5.74, 6) is 0.553. The van der Waals surface area contributed by atoms with E-state index in [0.29, 0.717) is 30.2 Å². The zero-order chi connectivity index (χ0) is 11.8. The monoisotopic (exact) mass is 220 g/mol. The van der Waals surface area contributed by atoms with E-state index in [1.807, 2.05) is 6.07 Å². The lowest BCUT2D eigenvalue weighted by molar-refractivity contribution is 0.101. The molecule has 0 aromatic heterocycles. The smallest absolute Gasteiger partial charge is 0.137 e. The van der Waals surface area contributed by atoms with Gasteiger partial charge in [0.05, 0.1) is 12.2 Å². The Balaban J connectivity index is 2.45. The first-order chi connectivity index (χ1) is 7.77. The lowest BCUT2D eigenvalue weighted by atomic mass is 10.2. The molecule has 4 nitrogen and oxygen atoms in total. The summed E-state index contributed by atoms with van der Waals surface area (Å²) in [5, 5.41) is 8.87. The van der Waals surface area contributed by atoms with E-state index in [9.17, 15) is 0 Å². The van der Waals surface area contributed by atoms with Crippen LogP contribution in [0.15, 0.2) is 18.2 Å². The van der Waals surface area contributed by atoms with Gasteiger partial charge in [0.1, 0.15) is 18.4 Å². The molecule has 1 aromatic rings. The number of anilines is 1. The minimum Gasteiger partial charge on any atom is -0.490 e. The van der Waals surface area contributed by atoms with Gasteiger partial charge in [0.15, 0.2) is 0 Å². The molecule has 0 saturated heterocycles. The van der Waals surface area contributed by atoms with Crippen LogP contribution < -0.4 is 10.5 Å². The van der Waals surface area contributed by atoms with Crippen LogP contribution in [-0.2, 0) is 4.74 Å². The van der Waals surface area contributed by atoms with Gasteiger partial charge in [-0.05, 0) is 24.6 Å². The number of nitrogens with two attached hydrogens (primary N) is 1. The van der Waals surface area contributed by atoms with Crippen molar-refractivity contribution in [3.63, 3.8) is 0 Å². The summed E-state index contributed by atoms with van der Waals surface area (Å²) in [7, 11) is 0. The molecule has 0 unspecified atom stereocenters. The fourth-order valence-electron chi connectivity index (χ4n) is 1.22. The van der Waals surface area contributed by atoms with Crippen LogP contribution in [-0.4, -0.2) is 19.8 Å². The molecule has 0 spiro atoms. The van der Waals surface area contributed by atoms with Gasteiger partial charge in [-0.2, -0.15) is 5.26 Å². The molecule has 4 heteroatoms. The van der Waals surface area contributed by atoms with Crippen LogP contribution in [0.25, 0.3) is 0 Å². The molecule has 0 bridgehead atoms. The van der Waals surface area contributed by atoms with Crippen LogP contribution in [0.4, 0.5) is 5.69 Å². The van der Waals surface area contributed by atoms with Gasteiger partial charge >= 0.3 is 0 Å². The van der Waals surface area contributed by atoms with E-state index in [2.05, 4.69) is 6.92 Å². The number of nitrogens with zero attached hydrogens (tertiary/aromatic N) is 1. The summed E-state index contributed by atoms with van der Waals surface area (Å²) in [6.45, 7) is 3.76. The third kappa shape index (κ3) is 3.79. The van der Waals surface area contributed by atoms with Crippen molar-refractivity contribution >= 4 is 5.69 Å². The predicted octanol–water partition coefficient (Wildman–Crippen LogP) is 1.95. The summed E-state index contributed by atoms with van der Waals surface area (Å²) in [4.78, 5) is 0. The first kappa shape index (κ1) is 12.3. The molecule has 2 N–H and O–H groups in total. The number of nitriles is 1. The second-order valence-electron chi connectivity index (χ2n) is 3.33. The first-order valence-corrected chi connectivity index (χ1v) is 5.28. The Bertz CT molecular complexity index is 372. The molecule has 0 atom stereocenters. The first-order valence-electron chi connectivity index (χ1n) is 5.28. The second-order valence-corrected chi connectivity index (χ2v) is 3.33. The van der Waals surface area contributed by atoms with E-state index in [1.54, 1.807) is 18.2 Å². The van der Waals surface area contributed by atoms with E-state index in [0.717, 1.165) is 13.0 Å². The van der Waals surface area contributed by atoms with Gasteiger partial charge < -0.3 is 15.2 Å². The Morgan fingerprint density at radius 2 is 2.12 bits per heavy atom. The van der Waals surface area contributed by atoms with Gasteiger partial charge in [-0.1, -0.05) is 6.92 Å². The normalized spacial score (nSPS) is 9.75. The molecule has 0 radical (unpaired) electrons. The van der Waals surface area contributed by atoms with E-state index in [1.165, 1.54) is 0 Å². The highest BCUT2D eigenvalue weighted by molar-refractivity contribution is 5.53. The zero-order valence-electron chi connectivity index (χ0n) is 9.40. The lowest BCUT2D eigenvalue weighted by Crippen LogP contribution is -2.08. The van der Waals surface area contributed by atoms with Crippen LogP contribution in [0.5, 0.6) is 5.75 Å². The summed E-state index contributed by atoms with van der Waals surface area (Å²) >= 11 is 0. The quantitative estimate of drug-likeness (QED) is 0.587. The van der Waals surface area contributed by atoms with Crippen molar-refractivity contribution in [2.24, 2.45) is 0 Å². The Morgan fingerprint density at radius 3 is 2.81 bits per heavy atom. The molecule has 0 heterocycles. The predicted molar refractivity (Wildman–Crippen MR) is 62.2 cm³/mol. The molecular weight excluding hydrogens is 204 g/mol. The van der Waals surface area contributed by atoms with Crippen LogP contribution in [0, 0.1) is 11.3 Å². The van der Waals surface area contributed by atoms with Crippen molar-refractivity contribution in [3.8, 4) is 11.8 Å². The zero-order valence-corrected chi connectivity index (χ0v) is 9.40. The minimum absolute atomic E-state index is 0.443. The average molecular weight is 220 g/mol. The number of hydrogen-bond donors (Lipinski definition) is 1. The lowest BCUT2D eigenvalue weighted by Gasteiger charge is -2.08. The van der Waals surface area contributed by atoms with Gasteiger partial charge in [0, 0.05) is 12.3 Å². The second kappa shape index (κ2) is 6.70. The van der Waals surface area contributed by atoms with Crippen LogP contribution >= 0.6 is 0 Å². The van der Waals surface area contributed by atoms with Gasteiger partial charge in [-0.3, -0.25) is 0 Å². The Labute approximate surface area is 95.6 Å². The molecule has 0 aliphatic carbocycles. The summed E-state index contributed by atoms with van der Waals surface area (Å²) in [5.41, 5.74) is 6.58. The van der Waals surface area contributed by atoms with Crippen molar-refractivity contribution < 1.29 is 9.47 Å². The number of benzene rings is 1. The largest absolute Gasteiger partial charge is 0.490 e. The standard InChI is InChI=1S/C12H16N2O2/c1-2-5-15-6-7-16-12-4-3-11(14)8-10(12)9-13/h3-4,8H,2,5-7,14H2,1H3. The van der Waals surface area contributed by atoms with Crippen molar-refractivity contribution in [2.45, 2.75) is 13.3 Å². The number of nitrogen functional groups attached to an aromatic ring is 1. The van der Waals surface area contributed by atoms with Crippen LogP contribution in [0.1, 0.15) is 18.9 Å². The maximum Gasteiger partial charge on any atom is 0.137 e. The van der Waals surface area contributed by atoms with Crippen LogP contribution in [0.2, 0.25) is 0 Å². The molecule has 0 amide bonds. The molecule has 0 aliphatic heterocycles. The van der Waals surface area contributed by atoms with Gasteiger partial charge in [-0.15, -0.1) is 0 Å². The number of rotatable bonds is 6. The topological polar surface area (TPSA) is 68.3 Å². The maximum atomic E-state index is 8.87. The average Bonchev–Trinajstić information content (AvgIpc) is 2.30. The molecular formula is C12H16N2O2. The molecule has 16 heavy (non-hydrogen) atoms. The molecule has 0 aliphatic rings. The molecule has 0 fully saturated rings. The van der Waals surface area contributed by atoms with Crippen molar-refractivity contribution in [1.82, 2.24) is 0 Å². The molecule has 86 valence electrons. The highest BCUT2D eigenvalue weighted by Crippen LogP contribution is 2.20. The third-order valence-corrected chi connectivity index (χ3v) is 1.96. The highest BCUT2D eigenvalue weighted by atomic mass is 16.5. The van der Waals surface area contributed by atoms with Gasteiger partial charge in [0.2, 0.25) is 0 Å². The Kier molecular flexibility index (Phi) is 5.17. The van der Waals surface area contributed by atoms with E-state index in [4.69, 9.17) is 20.5 Å².